The van der Waals surface area contributed by atoms with E-state index >= 15 is 0 Å². The van der Waals surface area contributed by atoms with Crippen molar-refractivity contribution in [1.82, 2.24) is 4.90 Å². The Morgan fingerprint density at radius 3 is 2.12 bits per heavy atom. The van der Waals surface area contributed by atoms with Gasteiger partial charge in [0.2, 0.25) is 0 Å². The standard InChI is InChI=1S/C29H20N6O12S3/c1-35-28(37)17-4-2-14(10-20(17)29(35)38)31-32-22-6-7-23(19-11-15(49(40,41)42)3-5-16(19)22)33-34-26-24(48-47-46-39)8-13-9-25(50(43,44)45)21(30)12-18(13)27(26)36/h2-12,36,39H,30H2,1H3,(H,40,41,42)(H,43,44,45)/b32-31+,34-33+. The van der Waals surface area contributed by atoms with E-state index in [1.54, 1.807) is 0 Å². The first-order valence-electron chi connectivity index (χ1n) is 13.6. The van der Waals surface area contributed by atoms with Crippen molar-refractivity contribution in [3.63, 3.8) is 0 Å². The number of aromatic hydroxyl groups is 1. The number of carbonyl (C=O) groups excluding carboxylic acids is 2. The minimum Gasteiger partial charge on any atom is -0.505 e. The molecule has 0 aromatic heterocycles. The number of carbonyl (C=O) groups is 2. The van der Waals surface area contributed by atoms with Gasteiger partial charge in [-0.3, -0.25) is 23.6 Å². The summed E-state index contributed by atoms with van der Waals surface area (Å²) in [5.74, 6) is -1.54. The number of phenolic OH excluding ortho intramolecular Hbond substituents is 1. The van der Waals surface area contributed by atoms with E-state index in [0.29, 0.717) is 12.0 Å². The Bertz CT molecular complexity index is 2580. The van der Waals surface area contributed by atoms with Crippen molar-refractivity contribution in [1.29, 1.82) is 0 Å². The van der Waals surface area contributed by atoms with Gasteiger partial charge in [-0.2, -0.15) is 21.9 Å². The van der Waals surface area contributed by atoms with Crippen molar-refractivity contribution in [2.24, 2.45) is 20.5 Å². The molecule has 0 unspecified atom stereocenters. The molecule has 5 aromatic rings. The molecule has 6 rings (SSSR count). The number of amides is 2. The molecule has 0 saturated carbocycles. The number of hydrogen-bond donors (Lipinski definition) is 5. The Balaban J connectivity index is 1.46. The molecule has 1 aliphatic heterocycles. The van der Waals surface area contributed by atoms with Gasteiger partial charge in [0.25, 0.3) is 32.1 Å². The number of nitrogen functional groups attached to an aromatic ring is 1. The van der Waals surface area contributed by atoms with Crippen LogP contribution in [0.3, 0.4) is 0 Å². The third kappa shape index (κ3) is 6.37. The Morgan fingerprint density at radius 2 is 1.44 bits per heavy atom. The molecular formula is C29H20N6O12S3. The number of fused-ring (bicyclic) bond motifs is 3. The summed E-state index contributed by atoms with van der Waals surface area (Å²) < 4.78 is 71.3. The summed E-state index contributed by atoms with van der Waals surface area (Å²) >= 11 is 0.341. The number of imide groups is 1. The van der Waals surface area contributed by atoms with Crippen LogP contribution in [-0.2, 0) is 29.6 Å². The number of hydrogen-bond acceptors (Lipinski definition) is 16. The van der Waals surface area contributed by atoms with Crippen molar-refractivity contribution in [3.05, 3.63) is 77.9 Å². The fourth-order valence-electron chi connectivity index (χ4n) is 5.08. The van der Waals surface area contributed by atoms with Gasteiger partial charge in [-0.25, -0.2) is 5.26 Å². The van der Waals surface area contributed by atoms with Crippen LogP contribution >= 0.6 is 12.0 Å². The second-order valence-corrected chi connectivity index (χ2v) is 14.0. The van der Waals surface area contributed by atoms with Gasteiger partial charge >= 0.3 is 0 Å². The van der Waals surface area contributed by atoms with Crippen LogP contribution in [0.1, 0.15) is 20.7 Å². The number of anilines is 1. The zero-order valence-corrected chi connectivity index (χ0v) is 27.4. The van der Waals surface area contributed by atoms with Crippen LogP contribution in [0.4, 0.5) is 28.4 Å². The highest BCUT2D eigenvalue weighted by Crippen LogP contribution is 2.46. The van der Waals surface area contributed by atoms with Gasteiger partial charge in [0.05, 0.1) is 55.7 Å². The van der Waals surface area contributed by atoms with E-state index in [1.807, 2.05) is 0 Å². The third-order valence-electron chi connectivity index (χ3n) is 7.46. The largest absolute Gasteiger partial charge is 0.505 e. The molecule has 1 aliphatic rings. The number of phenols is 1. The van der Waals surface area contributed by atoms with Gasteiger partial charge in [-0.1, -0.05) is 11.1 Å². The van der Waals surface area contributed by atoms with E-state index < -0.39 is 53.3 Å². The number of azo groups is 2. The SMILES string of the molecule is CN1C(=O)c2ccc(/N=N/c3ccc(/N=N/c4c(SOOO)cc5cc(S(=O)(=O)O)c(N)cc5c4O)c4cc(S(=O)(=O)O)ccc34)cc2C1=O. The van der Waals surface area contributed by atoms with Gasteiger partial charge in [0.1, 0.15) is 10.6 Å². The van der Waals surface area contributed by atoms with E-state index in [-0.39, 0.29) is 60.3 Å². The summed E-state index contributed by atoms with van der Waals surface area (Å²) in [5, 5.41) is 40.6. The van der Waals surface area contributed by atoms with Crippen LogP contribution in [0.2, 0.25) is 0 Å². The van der Waals surface area contributed by atoms with Crippen molar-refractivity contribution in [2.45, 2.75) is 14.7 Å². The summed E-state index contributed by atoms with van der Waals surface area (Å²) in [4.78, 5) is 24.4. The summed E-state index contributed by atoms with van der Waals surface area (Å²) in [6, 6.07) is 14.1. The van der Waals surface area contributed by atoms with E-state index in [4.69, 9.17) is 11.0 Å². The Labute approximate surface area is 285 Å². The van der Waals surface area contributed by atoms with Crippen LogP contribution in [0.25, 0.3) is 21.5 Å². The van der Waals surface area contributed by atoms with Crippen LogP contribution in [0.5, 0.6) is 5.75 Å². The maximum absolute atomic E-state index is 12.4. The number of nitrogens with two attached hydrogens (primary N) is 1. The van der Waals surface area contributed by atoms with Gasteiger partial charge in [-0.15, -0.1) is 19.7 Å². The van der Waals surface area contributed by atoms with E-state index in [2.05, 4.69) is 29.8 Å². The molecule has 0 radical (unpaired) electrons. The average molecular weight is 741 g/mol. The molecule has 256 valence electrons. The summed E-state index contributed by atoms with van der Waals surface area (Å²) in [7, 11) is -8.08. The molecule has 0 fully saturated rings. The lowest BCUT2D eigenvalue weighted by molar-refractivity contribution is -0.432. The van der Waals surface area contributed by atoms with Gasteiger partial charge in [0.15, 0.2) is 5.75 Å². The van der Waals surface area contributed by atoms with Gasteiger partial charge in [-0.05, 0) is 66.0 Å². The van der Waals surface area contributed by atoms with Crippen molar-refractivity contribution < 1.29 is 55.3 Å². The lowest BCUT2D eigenvalue weighted by Gasteiger charge is -2.11. The second-order valence-electron chi connectivity index (χ2n) is 10.5. The molecule has 21 heteroatoms. The topological polar surface area (TPSA) is 280 Å². The van der Waals surface area contributed by atoms with Crippen molar-refractivity contribution in [3.8, 4) is 5.75 Å². The first kappa shape index (κ1) is 34.5. The first-order valence-corrected chi connectivity index (χ1v) is 17.3. The van der Waals surface area contributed by atoms with E-state index in [1.165, 1.54) is 49.5 Å². The number of nitrogens with zero attached hydrogens (tertiary/aromatic N) is 5. The molecule has 1 heterocycles. The zero-order chi connectivity index (χ0) is 36.1. The van der Waals surface area contributed by atoms with Gasteiger partial charge < -0.3 is 10.8 Å². The maximum atomic E-state index is 12.4. The van der Waals surface area contributed by atoms with Crippen LogP contribution in [-0.4, -0.2) is 60.1 Å². The fourth-order valence-corrected chi connectivity index (χ4v) is 6.72. The molecule has 0 atom stereocenters. The lowest BCUT2D eigenvalue weighted by Crippen LogP contribution is -2.24. The smallest absolute Gasteiger partial charge is 0.296 e. The lowest BCUT2D eigenvalue weighted by atomic mass is 10.1. The fraction of sp³-hybridized carbons (Fsp3) is 0.0345. The Hall–Kier alpha value is -5.39. The van der Waals surface area contributed by atoms with Crippen LogP contribution < -0.4 is 5.73 Å². The number of benzene rings is 5. The minimum atomic E-state index is -4.75. The van der Waals surface area contributed by atoms with Gasteiger partial charge in [0, 0.05) is 23.2 Å². The zero-order valence-electron chi connectivity index (χ0n) is 24.9. The predicted molar refractivity (Wildman–Crippen MR) is 175 cm³/mol. The van der Waals surface area contributed by atoms with E-state index in [9.17, 15) is 40.6 Å². The highest BCUT2D eigenvalue weighted by molar-refractivity contribution is 7.94. The Kier molecular flexibility index (Phi) is 8.83. The normalized spacial score (nSPS) is 13.8. The van der Waals surface area contributed by atoms with Crippen molar-refractivity contribution in [2.75, 3.05) is 12.8 Å². The highest BCUT2D eigenvalue weighted by atomic mass is 32.2. The molecule has 6 N–H and O–H groups in total. The summed E-state index contributed by atoms with van der Waals surface area (Å²) in [6.45, 7) is 0. The highest BCUT2D eigenvalue weighted by Gasteiger charge is 2.32. The predicted octanol–water partition coefficient (Wildman–Crippen LogP) is 6.26. The molecule has 50 heavy (non-hydrogen) atoms. The average Bonchev–Trinajstić information content (AvgIpc) is 3.28. The second kappa shape index (κ2) is 12.8. The molecule has 0 bridgehead atoms. The first-order chi connectivity index (χ1) is 23.6. The number of rotatable bonds is 9. The summed E-state index contributed by atoms with van der Waals surface area (Å²) in [6.07, 6.45) is 0. The minimum absolute atomic E-state index is 0.00476. The molecule has 5 aromatic carbocycles. The monoisotopic (exact) mass is 740 g/mol. The molecule has 0 saturated heterocycles. The molecule has 0 aliphatic carbocycles. The quantitative estimate of drug-likeness (QED) is 0.0212. The molecule has 2 amide bonds. The molecule has 18 nitrogen and oxygen atoms in total. The molecule has 0 spiro atoms. The van der Waals surface area contributed by atoms with E-state index in [0.717, 1.165) is 29.2 Å². The molecular weight excluding hydrogens is 721 g/mol. The van der Waals surface area contributed by atoms with Crippen LogP contribution in [0.15, 0.2) is 102 Å². The Morgan fingerprint density at radius 1 is 0.760 bits per heavy atom. The summed E-state index contributed by atoms with van der Waals surface area (Å²) in [5.41, 5.74) is 5.92. The third-order valence-corrected chi connectivity index (χ3v) is 9.84. The maximum Gasteiger partial charge on any atom is 0.296 e. The van der Waals surface area contributed by atoms with Crippen molar-refractivity contribution >= 4 is 94.1 Å². The van der Waals surface area contributed by atoms with Crippen LogP contribution in [0, 0.1) is 0 Å².